The molecule has 3 unspecified atom stereocenters. The van der Waals surface area contributed by atoms with E-state index in [0.717, 1.165) is 19.3 Å². The zero-order chi connectivity index (χ0) is 10.6. The number of hydrogen-bond acceptors (Lipinski definition) is 3. The minimum atomic E-state index is -0.407. The van der Waals surface area contributed by atoms with Crippen molar-refractivity contribution < 1.29 is 9.90 Å². The first kappa shape index (κ1) is 11.5. The molecule has 0 aromatic heterocycles. The summed E-state index contributed by atoms with van der Waals surface area (Å²) in [6.07, 6.45) is 3.70. The van der Waals surface area contributed by atoms with Crippen LogP contribution in [-0.2, 0) is 4.79 Å². The molecule has 4 N–H and O–H groups in total. The van der Waals surface area contributed by atoms with Gasteiger partial charge in [0.2, 0.25) is 5.91 Å². The maximum atomic E-state index is 11.5. The van der Waals surface area contributed by atoms with Gasteiger partial charge in [0.25, 0.3) is 0 Å². The fourth-order valence-electron chi connectivity index (χ4n) is 1.92. The van der Waals surface area contributed by atoms with Gasteiger partial charge in [-0.3, -0.25) is 4.79 Å². The summed E-state index contributed by atoms with van der Waals surface area (Å²) in [6.45, 7) is 2.05. The summed E-state index contributed by atoms with van der Waals surface area (Å²) in [5, 5.41) is 12.0. The van der Waals surface area contributed by atoms with Gasteiger partial charge in [-0.05, 0) is 19.3 Å². The highest BCUT2D eigenvalue weighted by atomic mass is 16.3. The van der Waals surface area contributed by atoms with Crippen molar-refractivity contribution in [2.45, 2.75) is 44.7 Å². The van der Waals surface area contributed by atoms with Crippen molar-refractivity contribution in [3.63, 3.8) is 0 Å². The van der Waals surface area contributed by atoms with Crippen LogP contribution in [0.3, 0.4) is 0 Å². The second-order valence-corrected chi connectivity index (χ2v) is 4.00. The fraction of sp³-hybridized carbons (Fsp3) is 0.900. The van der Waals surface area contributed by atoms with Crippen molar-refractivity contribution in [3.8, 4) is 0 Å². The van der Waals surface area contributed by atoms with Crippen LogP contribution in [0, 0.1) is 5.92 Å². The Morgan fingerprint density at radius 1 is 1.64 bits per heavy atom. The summed E-state index contributed by atoms with van der Waals surface area (Å²) >= 11 is 0. The van der Waals surface area contributed by atoms with Gasteiger partial charge in [0, 0.05) is 18.6 Å². The van der Waals surface area contributed by atoms with Crippen molar-refractivity contribution in [1.82, 2.24) is 5.32 Å². The van der Waals surface area contributed by atoms with Crippen LogP contribution in [0.2, 0.25) is 0 Å². The SMILES string of the molecule is CCC(N)C(=O)NC1CCCC1CO. The van der Waals surface area contributed by atoms with E-state index in [1.54, 1.807) is 0 Å². The van der Waals surface area contributed by atoms with Crippen LogP contribution in [0.25, 0.3) is 0 Å². The summed E-state index contributed by atoms with van der Waals surface area (Å²) < 4.78 is 0. The normalized spacial score (nSPS) is 28.8. The van der Waals surface area contributed by atoms with Gasteiger partial charge >= 0.3 is 0 Å². The molecule has 0 bridgehead atoms. The number of nitrogens with two attached hydrogens (primary N) is 1. The molecule has 3 atom stereocenters. The Bertz CT molecular complexity index is 197. The molecule has 0 aromatic carbocycles. The van der Waals surface area contributed by atoms with Gasteiger partial charge in [-0.2, -0.15) is 0 Å². The highest BCUT2D eigenvalue weighted by Crippen LogP contribution is 2.24. The maximum Gasteiger partial charge on any atom is 0.237 e. The minimum Gasteiger partial charge on any atom is -0.396 e. The molecule has 1 aliphatic carbocycles. The molecule has 0 saturated heterocycles. The first-order valence-electron chi connectivity index (χ1n) is 5.35. The van der Waals surface area contributed by atoms with Crippen LogP contribution in [0.1, 0.15) is 32.6 Å². The molecule has 82 valence electrons. The number of aliphatic hydroxyl groups is 1. The molecule has 1 aliphatic rings. The highest BCUT2D eigenvalue weighted by molar-refractivity contribution is 5.81. The van der Waals surface area contributed by atoms with Gasteiger partial charge in [-0.1, -0.05) is 13.3 Å². The zero-order valence-corrected chi connectivity index (χ0v) is 8.70. The van der Waals surface area contributed by atoms with Crippen LogP contribution < -0.4 is 11.1 Å². The predicted octanol–water partition coefficient (Wildman–Crippen LogP) is 0.000900. The summed E-state index contributed by atoms with van der Waals surface area (Å²) in [5.74, 6) is 0.140. The Balaban J connectivity index is 2.39. The molecule has 0 spiro atoms. The molecule has 14 heavy (non-hydrogen) atoms. The van der Waals surface area contributed by atoms with Crippen LogP contribution >= 0.6 is 0 Å². The number of carbonyl (C=O) groups excluding carboxylic acids is 1. The smallest absolute Gasteiger partial charge is 0.237 e. The van der Waals surface area contributed by atoms with E-state index in [4.69, 9.17) is 10.8 Å². The molecular weight excluding hydrogens is 180 g/mol. The Morgan fingerprint density at radius 2 is 2.36 bits per heavy atom. The van der Waals surface area contributed by atoms with Gasteiger partial charge < -0.3 is 16.2 Å². The topological polar surface area (TPSA) is 75.4 Å². The number of rotatable bonds is 4. The summed E-state index contributed by atoms with van der Waals surface area (Å²) in [4.78, 5) is 11.5. The molecule has 1 fully saturated rings. The standard InChI is InChI=1S/C10H20N2O2/c1-2-8(11)10(14)12-9-5-3-4-7(9)6-13/h7-9,13H,2-6,11H2,1H3,(H,12,14). The lowest BCUT2D eigenvalue weighted by molar-refractivity contribution is -0.123. The third-order valence-corrected chi connectivity index (χ3v) is 3.00. The molecule has 0 aromatic rings. The van der Waals surface area contributed by atoms with E-state index in [9.17, 15) is 4.79 Å². The molecule has 0 heterocycles. The Hall–Kier alpha value is -0.610. The summed E-state index contributed by atoms with van der Waals surface area (Å²) in [5.41, 5.74) is 5.61. The fourth-order valence-corrected chi connectivity index (χ4v) is 1.92. The van der Waals surface area contributed by atoms with E-state index in [1.165, 1.54) is 0 Å². The first-order valence-corrected chi connectivity index (χ1v) is 5.35. The van der Waals surface area contributed by atoms with E-state index in [-0.39, 0.29) is 24.5 Å². The molecule has 1 saturated carbocycles. The molecule has 1 amide bonds. The van der Waals surface area contributed by atoms with Crippen molar-refractivity contribution in [3.05, 3.63) is 0 Å². The number of nitrogens with one attached hydrogen (secondary N) is 1. The van der Waals surface area contributed by atoms with Crippen molar-refractivity contribution in [2.75, 3.05) is 6.61 Å². The van der Waals surface area contributed by atoms with E-state index in [0.29, 0.717) is 6.42 Å². The predicted molar refractivity (Wildman–Crippen MR) is 54.6 cm³/mol. The van der Waals surface area contributed by atoms with Gasteiger partial charge in [0.05, 0.1) is 6.04 Å². The third kappa shape index (κ3) is 2.69. The molecule has 0 radical (unpaired) electrons. The second kappa shape index (κ2) is 5.32. The molecule has 4 nitrogen and oxygen atoms in total. The first-order chi connectivity index (χ1) is 6.69. The molecule has 4 heteroatoms. The second-order valence-electron chi connectivity index (χ2n) is 4.00. The molecular formula is C10H20N2O2. The highest BCUT2D eigenvalue weighted by Gasteiger charge is 2.28. The van der Waals surface area contributed by atoms with Crippen LogP contribution in [0.4, 0.5) is 0 Å². The number of amides is 1. The largest absolute Gasteiger partial charge is 0.396 e. The van der Waals surface area contributed by atoms with Crippen molar-refractivity contribution in [2.24, 2.45) is 11.7 Å². The number of aliphatic hydroxyl groups excluding tert-OH is 1. The average molecular weight is 200 g/mol. The Morgan fingerprint density at radius 3 is 2.93 bits per heavy atom. The lowest BCUT2D eigenvalue weighted by Crippen LogP contribution is -2.46. The molecule has 1 rings (SSSR count). The van der Waals surface area contributed by atoms with E-state index in [2.05, 4.69) is 5.32 Å². The van der Waals surface area contributed by atoms with Gasteiger partial charge in [-0.25, -0.2) is 0 Å². The average Bonchev–Trinajstić information content (AvgIpc) is 2.63. The lowest BCUT2D eigenvalue weighted by atomic mass is 10.0. The van der Waals surface area contributed by atoms with E-state index in [1.807, 2.05) is 6.92 Å². The summed E-state index contributed by atoms with van der Waals surface area (Å²) in [6, 6.07) is -0.278. The van der Waals surface area contributed by atoms with Gasteiger partial charge in [0.1, 0.15) is 0 Å². The van der Waals surface area contributed by atoms with E-state index >= 15 is 0 Å². The monoisotopic (exact) mass is 200 g/mol. The minimum absolute atomic E-state index is 0.0853. The zero-order valence-electron chi connectivity index (χ0n) is 8.70. The quantitative estimate of drug-likeness (QED) is 0.598. The van der Waals surface area contributed by atoms with Crippen LogP contribution in [-0.4, -0.2) is 29.7 Å². The van der Waals surface area contributed by atoms with Gasteiger partial charge in [0.15, 0.2) is 0 Å². The number of carbonyl (C=O) groups is 1. The van der Waals surface area contributed by atoms with Crippen LogP contribution in [0.5, 0.6) is 0 Å². The van der Waals surface area contributed by atoms with Crippen molar-refractivity contribution in [1.29, 1.82) is 0 Å². The summed E-state index contributed by atoms with van der Waals surface area (Å²) in [7, 11) is 0. The Kier molecular flexibility index (Phi) is 4.35. The lowest BCUT2D eigenvalue weighted by Gasteiger charge is -2.20. The Labute approximate surface area is 84.9 Å². The number of hydrogen-bond donors (Lipinski definition) is 3. The molecule has 0 aliphatic heterocycles. The van der Waals surface area contributed by atoms with Crippen molar-refractivity contribution >= 4 is 5.91 Å². The van der Waals surface area contributed by atoms with Gasteiger partial charge in [-0.15, -0.1) is 0 Å². The van der Waals surface area contributed by atoms with Crippen LogP contribution in [0.15, 0.2) is 0 Å². The maximum absolute atomic E-state index is 11.5. The van der Waals surface area contributed by atoms with E-state index < -0.39 is 6.04 Å². The third-order valence-electron chi connectivity index (χ3n) is 3.00.